The molecule has 1 aliphatic heterocycles. The number of rotatable bonds is 3. The van der Waals surface area contributed by atoms with Crippen molar-refractivity contribution in [1.29, 1.82) is 0 Å². The number of benzene rings is 3. The lowest BCUT2D eigenvalue weighted by atomic mass is 10.0. The van der Waals surface area contributed by atoms with Gasteiger partial charge in [-0.05, 0) is 48.9 Å². The van der Waals surface area contributed by atoms with Gasteiger partial charge in [-0.25, -0.2) is 9.37 Å². The summed E-state index contributed by atoms with van der Waals surface area (Å²) in [6.07, 6.45) is 3.80. The summed E-state index contributed by atoms with van der Waals surface area (Å²) in [7, 11) is 0. The van der Waals surface area contributed by atoms with Gasteiger partial charge in [0.2, 0.25) is 5.91 Å². The third-order valence-electron chi connectivity index (χ3n) is 6.17. The van der Waals surface area contributed by atoms with Crippen molar-refractivity contribution < 1.29 is 9.18 Å². The summed E-state index contributed by atoms with van der Waals surface area (Å²) in [6, 6.07) is 18.2. The molecule has 3 aromatic carbocycles. The molecule has 33 heavy (non-hydrogen) atoms. The third-order valence-corrected chi connectivity index (χ3v) is 6.17. The van der Waals surface area contributed by atoms with Crippen LogP contribution >= 0.6 is 0 Å². The monoisotopic (exact) mass is 437 g/mol. The molecular weight excluding hydrogens is 417 g/mol. The van der Waals surface area contributed by atoms with Gasteiger partial charge in [0.1, 0.15) is 17.7 Å². The van der Waals surface area contributed by atoms with Crippen LogP contribution < -0.4 is 11.1 Å². The lowest BCUT2D eigenvalue weighted by molar-refractivity contribution is -0.118. The number of halogens is 1. The van der Waals surface area contributed by atoms with Crippen molar-refractivity contribution in [2.75, 3.05) is 0 Å². The zero-order valence-corrected chi connectivity index (χ0v) is 17.8. The first-order valence-corrected chi connectivity index (χ1v) is 10.6. The number of carbonyl (C=O) groups excluding carboxylic acids is 1. The number of nitrogens with zero attached hydrogens (tertiary/aromatic N) is 2. The van der Waals surface area contributed by atoms with Crippen LogP contribution in [-0.4, -0.2) is 26.5 Å². The topological polar surface area (TPSA) is 88.7 Å². The zero-order valence-electron chi connectivity index (χ0n) is 17.8. The summed E-state index contributed by atoms with van der Waals surface area (Å²) in [5.74, 6) is -0.0362. The van der Waals surface area contributed by atoms with Crippen LogP contribution in [0.25, 0.3) is 49.9 Å². The van der Waals surface area contributed by atoms with Crippen molar-refractivity contribution in [3.05, 3.63) is 84.3 Å². The maximum Gasteiger partial charge on any atom is 0.244 e. The van der Waals surface area contributed by atoms with Gasteiger partial charge < -0.3 is 20.6 Å². The molecule has 0 fully saturated rings. The number of H-pyrrole nitrogens is 1. The smallest absolute Gasteiger partial charge is 0.244 e. The van der Waals surface area contributed by atoms with Crippen molar-refractivity contribution in [2.24, 2.45) is 5.73 Å². The minimum absolute atomic E-state index is 0.305. The maximum atomic E-state index is 13.7. The van der Waals surface area contributed by atoms with Crippen molar-refractivity contribution in [3.8, 4) is 11.4 Å². The normalized spacial score (nSPS) is 16.1. The molecule has 1 atom stereocenters. The van der Waals surface area contributed by atoms with Crippen LogP contribution in [0.3, 0.4) is 0 Å². The van der Waals surface area contributed by atoms with Crippen LogP contribution in [0, 0.1) is 5.82 Å². The van der Waals surface area contributed by atoms with E-state index in [4.69, 9.17) is 10.7 Å². The number of nitrogens with two attached hydrogens (primary N) is 1. The van der Waals surface area contributed by atoms with E-state index in [-0.39, 0.29) is 5.82 Å². The molecule has 1 aliphatic rings. The van der Waals surface area contributed by atoms with Crippen LogP contribution in [0.5, 0.6) is 0 Å². The van der Waals surface area contributed by atoms with Crippen molar-refractivity contribution in [3.63, 3.8) is 0 Å². The Morgan fingerprint density at radius 3 is 2.73 bits per heavy atom. The number of allylic oxidation sites excluding steroid dienone is 2. The molecule has 4 N–H and O–H groups in total. The fourth-order valence-corrected chi connectivity index (χ4v) is 4.70. The fourth-order valence-electron chi connectivity index (χ4n) is 4.70. The van der Waals surface area contributed by atoms with Crippen molar-refractivity contribution in [2.45, 2.75) is 13.0 Å². The Labute approximate surface area is 188 Å². The number of para-hydroxylation sites is 1. The fraction of sp³-hybridized carbons (Fsp3) is 0.0769. The first kappa shape index (κ1) is 19.3. The second-order valence-electron chi connectivity index (χ2n) is 8.26. The van der Waals surface area contributed by atoms with Crippen molar-refractivity contribution >= 4 is 44.4 Å². The van der Waals surface area contributed by atoms with Gasteiger partial charge in [0.05, 0.1) is 27.8 Å². The molecule has 0 aliphatic carbocycles. The highest BCUT2D eigenvalue weighted by Gasteiger charge is 2.23. The highest BCUT2D eigenvalue weighted by atomic mass is 19.1. The first-order valence-electron chi connectivity index (χ1n) is 10.6. The molecule has 2 aromatic heterocycles. The van der Waals surface area contributed by atoms with Crippen LogP contribution in [0.1, 0.15) is 6.92 Å². The zero-order chi connectivity index (χ0) is 22.7. The number of aromatic nitrogens is 3. The Morgan fingerprint density at radius 2 is 1.91 bits per heavy atom. The second-order valence-corrected chi connectivity index (χ2v) is 8.26. The van der Waals surface area contributed by atoms with E-state index in [2.05, 4.69) is 33.1 Å². The summed E-state index contributed by atoms with van der Waals surface area (Å²) in [4.78, 5) is 19.7. The summed E-state index contributed by atoms with van der Waals surface area (Å²) < 4.78 is 15.9. The van der Waals surface area contributed by atoms with E-state index in [1.807, 2.05) is 43.5 Å². The number of amides is 1. The lowest BCUT2D eigenvalue weighted by Gasteiger charge is -2.22. The van der Waals surface area contributed by atoms with Gasteiger partial charge in [-0.3, -0.25) is 4.79 Å². The number of imidazole rings is 1. The minimum Gasteiger partial charge on any atom is -0.375 e. The van der Waals surface area contributed by atoms with Crippen LogP contribution in [-0.2, 0) is 4.79 Å². The highest BCUT2D eigenvalue weighted by Crippen LogP contribution is 2.38. The first-order chi connectivity index (χ1) is 16.0. The number of carbonyl (C=O) groups is 1. The SMILES string of the molecule is CC1=CC(n2c3ccccc3c3c(-c4nc5ccc(F)cc5[nH]4)cccc32)=CNC1C(N)=O. The second kappa shape index (κ2) is 7.06. The molecule has 0 spiro atoms. The van der Waals surface area contributed by atoms with E-state index in [0.29, 0.717) is 16.9 Å². The maximum absolute atomic E-state index is 13.7. The number of dihydropyridines is 1. The quantitative estimate of drug-likeness (QED) is 0.383. The number of primary amides is 1. The summed E-state index contributed by atoms with van der Waals surface area (Å²) in [5, 5.41) is 5.23. The van der Waals surface area contributed by atoms with Crippen LogP contribution in [0.2, 0.25) is 0 Å². The summed E-state index contributed by atoms with van der Waals surface area (Å²) in [5.41, 5.74) is 11.6. The molecule has 1 unspecified atom stereocenters. The molecule has 5 aromatic rings. The summed E-state index contributed by atoms with van der Waals surface area (Å²) >= 11 is 0. The van der Waals surface area contributed by atoms with E-state index in [9.17, 15) is 9.18 Å². The molecular formula is C26H20FN5O. The molecule has 162 valence electrons. The molecule has 0 bridgehead atoms. The molecule has 1 amide bonds. The molecule has 0 saturated heterocycles. The largest absolute Gasteiger partial charge is 0.375 e. The van der Waals surface area contributed by atoms with Crippen LogP contribution in [0.4, 0.5) is 4.39 Å². The van der Waals surface area contributed by atoms with Gasteiger partial charge >= 0.3 is 0 Å². The lowest BCUT2D eigenvalue weighted by Crippen LogP contribution is -2.41. The summed E-state index contributed by atoms with van der Waals surface area (Å²) in [6.45, 7) is 1.89. The molecule has 7 heteroatoms. The number of hydrogen-bond donors (Lipinski definition) is 3. The minimum atomic E-state index is -0.520. The van der Waals surface area contributed by atoms with E-state index in [1.165, 1.54) is 12.1 Å². The molecule has 6 rings (SSSR count). The molecule has 3 heterocycles. The van der Waals surface area contributed by atoms with Crippen LogP contribution in [0.15, 0.2) is 78.5 Å². The van der Waals surface area contributed by atoms with Crippen molar-refractivity contribution in [1.82, 2.24) is 19.9 Å². The Kier molecular flexibility index (Phi) is 4.13. The van der Waals surface area contributed by atoms with Gasteiger partial charge in [0, 0.05) is 22.5 Å². The van der Waals surface area contributed by atoms with Gasteiger partial charge in [0.15, 0.2) is 0 Å². The number of fused-ring (bicyclic) bond motifs is 4. The Balaban J connectivity index is 1.62. The number of nitrogens with one attached hydrogen (secondary N) is 2. The van der Waals surface area contributed by atoms with Gasteiger partial charge in [-0.1, -0.05) is 30.3 Å². The Hall–Kier alpha value is -4.39. The van der Waals surface area contributed by atoms with Gasteiger partial charge in [0.25, 0.3) is 0 Å². The number of aromatic amines is 1. The standard InChI is InChI=1S/C26H20FN5O/c1-14-11-16(13-29-24(14)25(28)33)32-21-7-3-2-5-17(21)23-18(6-4-8-22(23)32)26-30-19-10-9-15(27)12-20(19)31-26/h2-13,24,29H,1H3,(H2,28,33)(H,30,31). The van der Waals surface area contributed by atoms with E-state index >= 15 is 0 Å². The Bertz CT molecular complexity index is 1660. The third kappa shape index (κ3) is 2.93. The predicted octanol–water partition coefficient (Wildman–Crippen LogP) is 4.68. The molecule has 6 nitrogen and oxygen atoms in total. The molecule has 0 radical (unpaired) electrons. The number of hydrogen-bond acceptors (Lipinski definition) is 3. The molecule has 0 saturated carbocycles. The van der Waals surface area contributed by atoms with E-state index in [1.54, 1.807) is 6.07 Å². The average molecular weight is 437 g/mol. The van der Waals surface area contributed by atoms with E-state index < -0.39 is 11.9 Å². The highest BCUT2D eigenvalue weighted by molar-refractivity contribution is 6.16. The van der Waals surface area contributed by atoms with Gasteiger partial charge in [-0.15, -0.1) is 0 Å². The van der Waals surface area contributed by atoms with E-state index in [0.717, 1.165) is 38.6 Å². The average Bonchev–Trinajstić information content (AvgIpc) is 3.37. The van der Waals surface area contributed by atoms with Gasteiger partial charge in [-0.2, -0.15) is 0 Å². The Morgan fingerprint density at radius 1 is 1.09 bits per heavy atom. The predicted molar refractivity (Wildman–Crippen MR) is 129 cm³/mol.